The van der Waals surface area contributed by atoms with E-state index in [9.17, 15) is 5.11 Å². The summed E-state index contributed by atoms with van der Waals surface area (Å²) < 4.78 is 5.72. The number of para-hydroxylation sites is 1. The van der Waals surface area contributed by atoms with Crippen LogP contribution in [-0.4, -0.2) is 47.4 Å². The number of hydrogen-bond donors (Lipinski definition) is 2. The Kier molecular flexibility index (Phi) is 4.50. The number of ether oxygens (including phenoxy) is 1. The summed E-state index contributed by atoms with van der Waals surface area (Å²) in [5.41, 5.74) is 0. The van der Waals surface area contributed by atoms with Crippen molar-refractivity contribution in [3.05, 3.63) is 42.6 Å². The summed E-state index contributed by atoms with van der Waals surface area (Å²) in [5.74, 6) is 1.87. The van der Waals surface area contributed by atoms with Crippen LogP contribution in [-0.2, 0) is 0 Å². The quantitative estimate of drug-likeness (QED) is 0.870. The number of rotatable bonds is 5. The summed E-state index contributed by atoms with van der Waals surface area (Å²) in [4.78, 5) is 10.7. The molecule has 1 aromatic carbocycles. The molecule has 1 saturated heterocycles. The highest BCUT2D eigenvalue weighted by Gasteiger charge is 2.23. The third-order valence-corrected chi connectivity index (χ3v) is 3.62. The van der Waals surface area contributed by atoms with Gasteiger partial charge in [-0.25, -0.2) is 4.98 Å². The lowest BCUT2D eigenvalue weighted by atomic mass is 10.2. The van der Waals surface area contributed by atoms with Crippen molar-refractivity contribution >= 4 is 5.95 Å². The third kappa shape index (κ3) is 3.72. The predicted octanol–water partition coefficient (Wildman–Crippen LogP) is 1.43. The van der Waals surface area contributed by atoms with Gasteiger partial charge in [-0.2, -0.15) is 4.98 Å². The minimum atomic E-state index is -0.257. The Labute approximate surface area is 129 Å². The molecule has 6 heteroatoms. The number of nitrogens with zero attached hydrogens (tertiary/aromatic N) is 3. The highest BCUT2D eigenvalue weighted by atomic mass is 16.5. The zero-order chi connectivity index (χ0) is 15.4. The van der Waals surface area contributed by atoms with Crippen molar-refractivity contribution in [1.29, 1.82) is 0 Å². The smallest absolute Gasteiger partial charge is 0.228 e. The average Bonchev–Trinajstić information content (AvgIpc) is 2.93. The number of anilines is 1. The van der Waals surface area contributed by atoms with Gasteiger partial charge in [0, 0.05) is 38.4 Å². The third-order valence-electron chi connectivity index (χ3n) is 3.62. The maximum atomic E-state index is 9.56. The molecule has 22 heavy (non-hydrogen) atoms. The molecule has 0 aliphatic carbocycles. The summed E-state index contributed by atoms with van der Waals surface area (Å²) in [6, 6.07) is 11.5. The van der Waals surface area contributed by atoms with Gasteiger partial charge in [-0.1, -0.05) is 18.2 Å². The van der Waals surface area contributed by atoms with E-state index < -0.39 is 0 Å². The van der Waals surface area contributed by atoms with Gasteiger partial charge >= 0.3 is 0 Å². The molecule has 0 radical (unpaired) electrons. The normalized spacial score (nSPS) is 20.8. The molecule has 0 bridgehead atoms. The highest BCUT2D eigenvalue weighted by molar-refractivity contribution is 5.33. The molecule has 6 nitrogen and oxygen atoms in total. The molecule has 1 fully saturated rings. The SMILES string of the molecule is CN(C[C@@H]1C[C@@H](O)CN1)c1nccc(Oc2ccccc2)n1. The van der Waals surface area contributed by atoms with Crippen LogP contribution in [0.4, 0.5) is 5.95 Å². The minimum absolute atomic E-state index is 0.252. The number of aromatic nitrogens is 2. The molecule has 116 valence electrons. The number of likely N-dealkylation sites (N-methyl/N-ethyl adjacent to an activating group) is 1. The van der Waals surface area contributed by atoms with Gasteiger partial charge in [0.1, 0.15) is 5.75 Å². The van der Waals surface area contributed by atoms with E-state index in [-0.39, 0.29) is 12.1 Å². The van der Waals surface area contributed by atoms with Gasteiger partial charge in [-0.15, -0.1) is 0 Å². The van der Waals surface area contributed by atoms with Crippen LogP contribution in [0.5, 0.6) is 11.6 Å². The Bertz CT molecular complexity index is 608. The first kappa shape index (κ1) is 14.7. The maximum absolute atomic E-state index is 9.56. The molecular weight excluding hydrogens is 280 g/mol. The van der Waals surface area contributed by atoms with Crippen LogP contribution in [0.2, 0.25) is 0 Å². The van der Waals surface area contributed by atoms with E-state index in [4.69, 9.17) is 4.74 Å². The van der Waals surface area contributed by atoms with E-state index in [0.29, 0.717) is 18.4 Å². The molecule has 1 aromatic heterocycles. The first-order valence-electron chi connectivity index (χ1n) is 7.39. The van der Waals surface area contributed by atoms with Gasteiger partial charge in [-0.05, 0) is 18.6 Å². The van der Waals surface area contributed by atoms with E-state index in [1.54, 1.807) is 12.3 Å². The molecule has 2 aromatic rings. The van der Waals surface area contributed by atoms with Crippen LogP contribution in [0.25, 0.3) is 0 Å². The fourth-order valence-corrected chi connectivity index (χ4v) is 2.53. The molecule has 2 N–H and O–H groups in total. The second-order valence-corrected chi connectivity index (χ2v) is 5.49. The summed E-state index contributed by atoms with van der Waals surface area (Å²) in [5, 5.41) is 12.8. The summed E-state index contributed by atoms with van der Waals surface area (Å²) in [7, 11) is 1.94. The van der Waals surface area contributed by atoms with Crippen molar-refractivity contribution in [3.63, 3.8) is 0 Å². The lowest BCUT2D eigenvalue weighted by Gasteiger charge is -2.21. The monoisotopic (exact) mass is 300 g/mol. The number of aliphatic hydroxyl groups excluding tert-OH is 1. The molecule has 2 atom stereocenters. The molecule has 0 spiro atoms. The Hall–Kier alpha value is -2.18. The van der Waals surface area contributed by atoms with Crippen LogP contribution >= 0.6 is 0 Å². The largest absolute Gasteiger partial charge is 0.439 e. The first-order chi connectivity index (χ1) is 10.7. The minimum Gasteiger partial charge on any atom is -0.439 e. The lowest BCUT2D eigenvalue weighted by molar-refractivity contribution is 0.193. The predicted molar refractivity (Wildman–Crippen MR) is 84.2 cm³/mol. The molecular formula is C16H20N4O2. The van der Waals surface area contributed by atoms with E-state index in [2.05, 4.69) is 15.3 Å². The van der Waals surface area contributed by atoms with Crippen molar-refractivity contribution in [2.45, 2.75) is 18.6 Å². The van der Waals surface area contributed by atoms with Gasteiger partial charge in [0.25, 0.3) is 0 Å². The van der Waals surface area contributed by atoms with Gasteiger partial charge in [-0.3, -0.25) is 0 Å². The fourth-order valence-electron chi connectivity index (χ4n) is 2.53. The molecule has 1 aliphatic rings. The van der Waals surface area contributed by atoms with Crippen molar-refractivity contribution in [3.8, 4) is 11.6 Å². The average molecular weight is 300 g/mol. The fraction of sp³-hybridized carbons (Fsp3) is 0.375. The number of β-amino-alcohol motifs (C(OH)–C–C–N with tert-alkyl or cyclic N) is 1. The van der Waals surface area contributed by atoms with Crippen LogP contribution in [0.3, 0.4) is 0 Å². The summed E-state index contributed by atoms with van der Waals surface area (Å²) in [6.45, 7) is 1.39. The molecule has 2 heterocycles. The van der Waals surface area contributed by atoms with E-state index >= 15 is 0 Å². The van der Waals surface area contributed by atoms with Crippen LogP contribution < -0.4 is 15.0 Å². The zero-order valence-corrected chi connectivity index (χ0v) is 12.5. The van der Waals surface area contributed by atoms with Gasteiger partial charge in [0.15, 0.2) is 0 Å². The molecule has 3 rings (SSSR count). The Morgan fingerprint density at radius 2 is 2.14 bits per heavy atom. The second-order valence-electron chi connectivity index (χ2n) is 5.49. The van der Waals surface area contributed by atoms with E-state index in [1.165, 1.54) is 0 Å². The number of benzene rings is 1. The summed E-state index contributed by atoms with van der Waals surface area (Å²) >= 11 is 0. The Balaban J connectivity index is 1.65. The van der Waals surface area contributed by atoms with E-state index in [1.807, 2.05) is 42.3 Å². The molecule has 1 aliphatic heterocycles. The topological polar surface area (TPSA) is 70.5 Å². The number of nitrogens with one attached hydrogen (secondary N) is 1. The summed E-state index contributed by atoms with van der Waals surface area (Å²) in [6.07, 6.45) is 2.19. The van der Waals surface area contributed by atoms with Crippen molar-refractivity contribution in [2.75, 3.05) is 25.0 Å². The molecule has 0 amide bonds. The second kappa shape index (κ2) is 6.72. The first-order valence-corrected chi connectivity index (χ1v) is 7.39. The van der Waals surface area contributed by atoms with Gasteiger partial charge < -0.3 is 20.1 Å². The van der Waals surface area contributed by atoms with Crippen molar-refractivity contribution in [1.82, 2.24) is 15.3 Å². The van der Waals surface area contributed by atoms with Crippen LogP contribution in [0.15, 0.2) is 42.6 Å². The van der Waals surface area contributed by atoms with Gasteiger partial charge in [0.05, 0.1) is 6.10 Å². The lowest BCUT2D eigenvalue weighted by Crippen LogP contribution is -2.36. The van der Waals surface area contributed by atoms with Crippen molar-refractivity contribution in [2.24, 2.45) is 0 Å². The van der Waals surface area contributed by atoms with Gasteiger partial charge in [0.2, 0.25) is 11.8 Å². The van der Waals surface area contributed by atoms with E-state index in [0.717, 1.165) is 18.7 Å². The number of hydrogen-bond acceptors (Lipinski definition) is 6. The number of aliphatic hydroxyl groups is 1. The van der Waals surface area contributed by atoms with Crippen molar-refractivity contribution < 1.29 is 9.84 Å². The van der Waals surface area contributed by atoms with Crippen LogP contribution in [0, 0.1) is 0 Å². The standard InChI is InChI=1S/C16H20N4O2/c1-20(11-12-9-13(21)10-18-12)16-17-8-7-15(19-16)22-14-5-3-2-4-6-14/h2-8,12-13,18,21H,9-11H2,1H3/t12-,13+/m0/s1. The Morgan fingerprint density at radius 3 is 2.86 bits per heavy atom. The molecule has 0 saturated carbocycles. The highest BCUT2D eigenvalue weighted by Crippen LogP contribution is 2.20. The molecule has 0 unspecified atom stereocenters. The Morgan fingerprint density at radius 1 is 1.32 bits per heavy atom. The zero-order valence-electron chi connectivity index (χ0n) is 12.5. The van der Waals surface area contributed by atoms with Crippen LogP contribution in [0.1, 0.15) is 6.42 Å². The maximum Gasteiger partial charge on any atom is 0.228 e.